The van der Waals surface area contributed by atoms with Gasteiger partial charge in [-0.15, -0.1) is 0 Å². The number of amides is 2. The number of rotatable bonds is 9. The minimum Gasteiger partial charge on any atom is -0.497 e. The summed E-state index contributed by atoms with van der Waals surface area (Å²) in [7, 11) is 3.44. The summed E-state index contributed by atoms with van der Waals surface area (Å²) in [6, 6.07) is 17.7. The summed E-state index contributed by atoms with van der Waals surface area (Å²) in [6.07, 6.45) is 1.79. The van der Waals surface area contributed by atoms with E-state index >= 15 is 0 Å². The van der Waals surface area contributed by atoms with E-state index in [0.29, 0.717) is 13.2 Å². The highest BCUT2D eigenvalue weighted by Gasteiger charge is 2.12. The Morgan fingerprint density at radius 2 is 1.77 bits per heavy atom. The van der Waals surface area contributed by atoms with E-state index < -0.39 is 0 Å². The molecule has 0 aromatic heterocycles. The Hall–Kier alpha value is -2.69. The van der Waals surface area contributed by atoms with Crippen LogP contribution in [0, 0.1) is 0 Å². The van der Waals surface area contributed by atoms with E-state index in [0.717, 1.165) is 24.3 Å². The average Bonchev–Trinajstić information content (AvgIpc) is 2.67. The Labute approximate surface area is 155 Å². The van der Waals surface area contributed by atoms with Gasteiger partial charge in [0.15, 0.2) is 0 Å². The molecule has 0 fully saturated rings. The van der Waals surface area contributed by atoms with Crippen LogP contribution in [0.3, 0.4) is 0 Å². The molecule has 2 amide bonds. The zero-order chi connectivity index (χ0) is 18.8. The molecule has 26 heavy (non-hydrogen) atoms. The molecule has 5 nitrogen and oxygen atoms in total. The third-order valence-corrected chi connectivity index (χ3v) is 4.18. The molecular formula is C21H28N2O3. The quantitative estimate of drug-likeness (QED) is 0.745. The van der Waals surface area contributed by atoms with Crippen molar-refractivity contribution in [1.82, 2.24) is 10.2 Å². The maximum Gasteiger partial charge on any atom is 0.317 e. The Bertz CT molecular complexity index is 659. The molecule has 0 aliphatic carbocycles. The van der Waals surface area contributed by atoms with Crippen molar-refractivity contribution in [2.45, 2.75) is 25.8 Å². The molecule has 1 N–H and O–H groups in total. The van der Waals surface area contributed by atoms with Crippen LogP contribution in [0.1, 0.15) is 18.9 Å². The largest absolute Gasteiger partial charge is 0.497 e. The maximum atomic E-state index is 12.2. The van der Waals surface area contributed by atoms with E-state index in [2.05, 4.69) is 17.4 Å². The van der Waals surface area contributed by atoms with Gasteiger partial charge in [0.05, 0.1) is 13.7 Å². The summed E-state index contributed by atoms with van der Waals surface area (Å²) in [5.74, 6) is 1.67. The zero-order valence-electron chi connectivity index (χ0n) is 15.8. The second-order valence-electron chi connectivity index (χ2n) is 6.32. The van der Waals surface area contributed by atoms with Crippen molar-refractivity contribution in [3.8, 4) is 11.5 Å². The average molecular weight is 356 g/mol. The molecule has 0 heterocycles. The molecule has 140 valence electrons. The molecule has 0 aliphatic heterocycles. The van der Waals surface area contributed by atoms with Crippen LogP contribution in [-0.4, -0.2) is 44.3 Å². The smallest absolute Gasteiger partial charge is 0.317 e. The molecule has 0 radical (unpaired) electrons. The van der Waals surface area contributed by atoms with Crippen molar-refractivity contribution >= 4 is 6.03 Å². The summed E-state index contributed by atoms with van der Waals surface area (Å²) < 4.78 is 10.8. The SMILES string of the molecule is COc1ccc(CCC(C)NC(=O)N(C)CCOc2ccccc2)cc1. The minimum atomic E-state index is -0.0797. The fourth-order valence-corrected chi connectivity index (χ4v) is 2.49. The summed E-state index contributed by atoms with van der Waals surface area (Å²) in [5, 5.41) is 3.03. The molecule has 2 aromatic rings. The van der Waals surface area contributed by atoms with Crippen LogP contribution >= 0.6 is 0 Å². The predicted octanol–water partition coefficient (Wildman–Crippen LogP) is 3.74. The summed E-state index contributed by atoms with van der Waals surface area (Å²) in [5.41, 5.74) is 1.23. The minimum absolute atomic E-state index is 0.0797. The molecule has 0 saturated carbocycles. The number of aryl methyl sites for hydroxylation is 1. The van der Waals surface area contributed by atoms with Crippen LogP contribution in [0.2, 0.25) is 0 Å². The monoisotopic (exact) mass is 356 g/mol. The second kappa shape index (κ2) is 10.3. The van der Waals surface area contributed by atoms with E-state index in [-0.39, 0.29) is 12.1 Å². The topological polar surface area (TPSA) is 50.8 Å². The highest BCUT2D eigenvalue weighted by molar-refractivity contribution is 5.74. The van der Waals surface area contributed by atoms with Gasteiger partial charge in [-0.2, -0.15) is 0 Å². The third kappa shape index (κ3) is 6.67. The fourth-order valence-electron chi connectivity index (χ4n) is 2.49. The van der Waals surface area contributed by atoms with Crippen LogP contribution in [0.4, 0.5) is 4.79 Å². The number of nitrogens with one attached hydrogen (secondary N) is 1. The first-order valence-electron chi connectivity index (χ1n) is 8.91. The standard InChI is InChI=1S/C21H28N2O3/c1-17(9-10-18-11-13-19(25-3)14-12-18)22-21(24)23(2)15-16-26-20-7-5-4-6-8-20/h4-8,11-14,17H,9-10,15-16H2,1-3H3,(H,22,24). The highest BCUT2D eigenvalue weighted by Crippen LogP contribution is 2.13. The maximum absolute atomic E-state index is 12.2. The molecule has 2 aromatic carbocycles. The van der Waals surface area contributed by atoms with Crippen molar-refractivity contribution in [3.05, 3.63) is 60.2 Å². The predicted molar refractivity (Wildman–Crippen MR) is 104 cm³/mol. The Morgan fingerprint density at radius 1 is 1.08 bits per heavy atom. The zero-order valence-corrected chi connectivity index (χ0v) is 15.8. The van der Waals surface area contributed by atoms with Gasteiger partial charge in [-0.1, -0.05) is 30.3 Å². The number of urea groups is 1. The number of para-hydroxylation sites is 1. The van der Waals surface area contributed by atoms with Crippen molar-refractivity contribution in [2.24, 2.45) is 0 Å². The normalized spacial score (nSPS) is 11.5. The van der Waals surface area contributed by atoms with E-state index in [1.165, 1.54) is 5.56 Å². The molecule has 1 unspecified atom stereocenters. The number of carbonyl (C=O) groups is 1. The number of ether oxygens (including phenoxy) is 2. The third-order valence-electron chi connectivity index (χ3n) is 4.18. The van der Waals surface area contributed by atoms with Crippen LogP contribution < -0.4 is 14.8 Å². The second-order valence-corrected chi connectivity index (χ2v) is 6.32. The molecular weight excluding hydrogens is 328 g/mol. The number of likely N-dealkylation sites (N-methyl/N-ethyl adjacent to an activating group) is 1. The van der Waals surface area contributed by atoms with Gasteiger partial charge in [-0.25, -0.2) is 4.79 Å². The van der Waals surface area contributed by atoms with Gasteiger partial charge in [0.25, 0.3) is 0 Å². The van der Waals surface area contributed by atoms with E-state index in [1.807, 2.05) is 49.4 Å². The number of nitrogens with zero attached hydrogens (tertiary/aromatic N) is 1. The van der Waals surface area contributed by atoms with Gasteiger partial charge < -0.3 is 19.7 Å². The molecule has 0 spiro atoms. The number of hydrogen-bond acceptors (Lipinski definition) is 3. The number of benzene rings is 2. The van der Waals surface area contributed by atoms with Gasteiger partial charge >= 0.3 is 6.03 Å². The van der Waals surface area contributed by atoms with Gasteiger partial charge in [0, 0.05) is 13.1 Å². The van der Waals surface area contributed by atoms with Crippen molar-refractivity contribution in [1.29, 1.82) is 0 Å². The molecule has 0 bridgehead atoms. The number of carbonyl (C=O) groups excluding carboxylic acids is 1. The first-order chi connectivity index (χ1) is 12.6. The van der Waals surface area contributed by atoms with Crippen LogP contribution in [0.5, 0.6) is 11.5 Å². The summed E-state index contributed by atoms with van der Waals surface area (Å²) >= 11 is 0. The Balaban J connectivity index is 1.66. The van der Waals surface area contributed by atoms with Gasteiger partial charge in [-0.05, 0) is 49.6 Å². The summed E-state index contributed by atoms with van der Waals surface area (Å²) in [6.45, 7) is 3.02. The first-order valence-corrected chi connectivity index (χ1v) is 8.91. The Morgan fingerprint density at radius 3 is 2.42 bits per heavy atom. The lowest BCUT2D eigenvalue weighted by Gasteiger charge is -2.21. The van der Waals surface area contributed by atoms with E-state index in [4.69, 9.17) is 9.47 Å². The molecule has 2 rings (SSSR count). The molecule has 0 saturated heterocycles. The highest BCUT2D eigenvalue weighted by atomic mass is 16.5. The van der Waals surface area contributed by atoms with Gasteiger partial charge in [0.1, 0.15) is 18.1 Å². The van der Waals surface area contributed by atoms with Crippen molar-refractivity contribution in [2.75, 3.05) is 27.3 Å². The molecule has 5 heteroatoms. The van der Waals surface area contributed by atoms with Gasteiger partial charge in [-0.3, -0.25) is 0 Å². The van der Waals surface area contributed by atoms with E-state index in [1.54, 1.807) is 19.1 Å². The molecule has 0 aliphatic rings. The summed E-state index contributed by atoms with van der Waals surface area (Å²) in [4.78, 5) is 13.9. The van der Waals surface area contributed by atoms with Gasteiger partial charge in [0.2, 0.25) is 0 Å². The lowest BCUT2D eigenvalue weighted by molar-refractivity contribution is 0.192. The molecule has 1 atom stereocenters. The van der Waals surface area contributed by atoms with E-state index in [9.17, 15) is 4.79 Å². The fraction of sp³-hybridized carbons (Fsp3) is 0.381. The van der Waals surface area contributed by atoms with Crippen molar-refractivity contribution in [3.63, 3.8) is 0 Å². The first kappa shape index (κ1) is 19.6. The lowest BCUT2D eigenvalue weighted by atomic mass is 10.1. The lowest BCUT2D eigenvalue weighted by Crippen LogP contribution is -2.43. The van der Waals surface area contributed by atoms with Crippen LogP contribution in [0.15, 0.2) is 54.6 Å². The Kier molecular flexibility index (Phi) is 7.80. The number of hydrogen-bond donors (Lipinski definition) is 1. The number of methoxy groups -OCH3 is 1. The van der Waals surface area contributed by atoms with Crippen LogP contribution in [-0.2, 0) is 6.42 Å². The van der Waals surface area contributed by atoms with Crippen LogP contribution in [0.25, 0.3) is 0 Å². The van der Waals surface area contributed by atoms with Crippen molar-refractivity contribution < 1.29 is 14.3 Å².